The molecular formula is C21H20O4. The van der Waals surface area contributed by atoms with Gasteiger partial charge in [0, 0.05) is 11.1 Å². The predicted molar refractivity (Wildman–Crippen MR) is 98.3 cm³/mol. The Morgan fingerprint density at radius 3 is 1.48 bits per heavy atom. The maximum atomic E-state index is 11.1. The molecule has 0 fully saturated rings. The Bertz CT molecular complexity index is 788. The van der Waals surface area contributed by atoms with Gasteiger partial charge in [-0.25, -0.2) is 9.59 Å². The van der Waals surface area contributed by atoms with Crippen LogP contribution in [0.2, 0.25) is 0 Å². The summed E-state index contributed by atoms with van der Waals surface area (Å²) in [6.45, 7) is 3.12. The zero-order valence-corrected chi connectivity index (χ0v) is 14.2. The van der Waals surface area contributed by atoms with E-state index in [2.05, 4.69) is 0 Å². The molecule has 0 unspecified atom stereocenters. The Morgan fingerprint density at radius 1 is 0.760 bits per heavy atom. The summed E-state index contributed by atoms with van der Waals surface area (Å²) >= 11 is 0. The first-order valence-corrected chi connectivity index (χ1v) is 7.87. The van der Waals surface area contributed by atoms with E-state index in [0.29, 0.717) is 6.42 Å². The molecule has 0 aromatic heterocycles. The average Bonchev–Trinajstić information content (AvgIpc) is 2.58. The number of benzene rings is 2. The van der Waals surface area contributed by atoms with Crippen molar-refractivity contribution in [3.63, 3.8) is 0 Å². The van der Waals surface area contributed by atoms with Crippen LogP contribution in [0.25, 0.3) is 12.2 Å². The molecule has 0 aliphatic carbocycles. The summed E-state index contributed by atoms with van der Waals surface area (Å²) in [5.41, 5.74) is 4.19. The van der Waals surface area contributed by atoms with E-state index in [9.17, 15) is 9.59 Å². The Morgan fingerprint density at radius 2 is 1.12 bits per heavy atom. The van der Waals surface area contributed by atoms with E-state index in [-0.39, 0.29) is 11.1 Å². The van der Waals surface area contributed by atoms with Crippen LogP contribution in [0.5, 0.6) is 0 Å². The van der Waals surface area contributed by atoms with Crippen LogP contribution in [0.4, 0.5) is 0 Å². The summed E-state index contributed by atoms with van der Waals surface area (Å²) in [6, 6.07) is 15.2. The first kappa shape index (κ1) is 18.2. The van der Waals surface area contributed by atoms with Crippen molar-refractivity contribution in [1.82, 2.24) is 0 Å². The first-order valence-electron chi connectivity index (χ1n) is 7.87. The molecular weight excluding hydrogens is 316 g/mol. The fourth-order valence-corrected chi connectivity index (χ4v) is 2.47. The van der Waals surface area contributed by atoms with Crippen molar-refractivity contribution < 1.29 is 19.8 Å². The van der Waals surface area contributed by atoms with Crippen LogP contribution >= 0.6 is 0 Å². The molecule has 128 valence electrons. The van der Waals surface area contributed by atoms with Gasteiger partial charge in [-0.15, -0.1) is 0 Å². The second kappa shape index (κ2) is 8.11. The number of hydrogen-bond donors (Lipinski definition) is 2. The highest BCUT2D eigenvalue weighted by atomic mass is 16.4. The van der Waals surface area contributed by atoms with E-state index in [4.69, 9.17) is 10.2 Å². The predicted octanol–water partition coefficient (Wildman–Crippen LogP) is 4.25. The van der Waals surface area contributed by atoms with Gasteiger partial charge in [-0.3, -0.25) is 0 Å². The third-order valence-electron chi connectivity index (χ3n) is 3.91. The topological polar surface area (TPSA) is 74.6 Å². The molecule has 2 rings (SSSR count). The van der Waals surface area contributed by atoms with Crippen molar-refractivity contribution in [3.05, 3.63) is 81.9 Å². The molecule has 0 saturated carbocycles. The number of carboxylic acid groups (broad SMARTS) is 2. The first-order chi connectivity index (χ1) is 11.9. The van der Waals surface area contributed by atoms with Crippen LogP contribution in [0.3, 0.4) is 0 Å². The van der Waals surface area contributed by atoms with Gasteiger partial charge in [-0.2, -0.15) is 0 Å². The van der Waals surface area contributed by atoms with Gasteiger partial charge in [-0.05, 0) is 54.7 Å². The van der Waals surface area contributed by atoms with Gasteiger partial charge >= 0.3 is 11.9 Å². The largest absolute Gasteiger partial charge is 0.478 e. The number of hydrogen-bond acceptors (Lipinski definition) is 2. The van der Waals surface area contributed by atoms with E-state index in [1.165, 1.54) is 0 Å². The minimum absolute atomic E-state index is 0.266. The van der Waals surface area contributed by atoms with Crippen LogP contribution in [0.1, 0.15) is 36.1 Å². The standard InChI is InChI=1S/C21H20O4/c1-14(20(22)23)11-16-7-3-5-9-18(16)13-19-10-6-4-8-17(19)12-15(2)21(24)25/h3-12H,13H2,1-2H3,(H,22,23)(H,24,25). The van der Waals surface area contributed by atoms with Gasteiger partial charge in [0.2, 0.25) is 0 Å². The second-order valence-electron chi connectivity index (χ2n) is 5.84. The highest BCUT2D eigenvalue weighted by molar-refractivity contribution is 5.92. The van der Waals surface area contributed by atoms with Gasteiger partial charge in [0.05, 0.1) is 0 Å². The summed E-state index contributed by atoms with van der Waals surface area (Å²) in [4.78, 5) is 22.2. The highest BCUT2D eigenvalue weighted by Gasteiger charge is 2.08. The number of rotatable bonds is 6. The van der Waals surface area contributed by atoms with Gasteiger partial charge < -0.3 is 10.2 Å². The van der Waals surface area contributed by atoms with E-state index >= 15 is 0 Å². The van der Waals surface area contributed by atoms with Gasteiger partial charge in [0.1, 0.15) is 0 Å². The SMILES string of the molecule is CC(=Cc1ccccc1Cc1ccccc1C=C(C)C(=O)O)C(=O)O. The molecule has 2 aromatic rings. The molecule has 0 atom stereocenters. The molecule has 4 nitrogen and oxygen atoms in total. The maximum absolute atomic E-state index is 11.1. The lowest BCUT2D eigenvalue weighted by atomic mass is 9.95. The molecule has 0 aliphatic rings. The fourth-order valence-electron chi connectivity index (χ4n) is 2.47. The molecule has 0 heterocycles. The highest BCUT2D eigenvalue weighted by Crippen LogP contribution is 2.21. The molecule has 0 spiro atoms. The zero-order valence-electron chi connectivity index (χ0n) is 14.2. The lowest BCUT2D eigenvalue weighted by Gasteiger charge is -2.10. The van der Waals surface area contributed by atoms with Crippen LogP contribution in [-0.4, -0.2) is 22.2 Å². The van der Waals surface area contributed by atoms with Crippen LogP contribution in [0.15, 0.2) is 59.7 Å². The summed E-state index contributed by atoms with van der Waals surface area (Å²) in [7, 11) is 0. The van der Waals surface area contributed by atoms with E-state index in [1.807, 2.05) is 48.5 Å². The molecule has 0 radical (unpaired) electrons. The van der Waals surface area contributed by atoms with Gasteiger partial charge in [-0.1, -0.05) is 48.5 Å². The minimum Gasteiger partial charge on any atom is -0.478 e. The number of carboxylic acids is 2. The van der Waals surface area contributed by atoms with Gasteiger partial charge in [0.15, 0.2) is 0 Å². The van der Waals surface area contributed by atoms with Crippen molar-refractivity contribution in [2.45, 2.75) is 20.3 Å². The van der Waals surface area contributed by atoms with Crippen molar-refractivity contribution >= 4 is 24.1 Å². The maximum Gasteiger partial charge on any atom is 0.331 e. The van der Waals surface area contributed by atoms with Crippen LogP contribution < -0.4 is 0 Å². The van der Waals surface area contributed by atoms with Crippen molar-refractivity contribution in [1.29, 1.82) is 0 Å². The van der Waals surface area contributed by atoms with E-state index in [0.717, 1.165) is 22.3 Å². The molecule has 0 amide bonds. The van der Waals surface area contributed by atoms with Crippen LogP contribution in [0, 0.1) is 0 Å². The number of aliphatic carboxylic acids is 2. The molecule has 25 heavy (non-hydrogen) atoms. The lowest BCUT2D eigenvalue weighted by molar-refractivity contribution is -0.133. The lowest BCUT2D eigenvalue weighted by Crippen LogP contribution is -1.99. The Labute approximate surface area is 146 Å². The minimum atomic E-state index is -0.949. The summed E-state index contributed by atoms with van der Waals surface area (Å²) < 4.78 is 0. The molecule has 2 N–H and O–H groups in total. The summed E-state index contributed by atoms with van der Waals surface area (Å²) in [5, 5.41) is 18.2. The average molecular weight is 336 g/mol. The van der Waals surface area contributed by atoms with Crippen molar-refractivity contribution in [3.8, 4) is 0 Å². The van der Waals surface area contributed by atoms with Crippen molar-refractivity contribution in [2.75, 3.05) is 0 Å². The normalized spacial score (nSPS) is 12.1. The zero-order chi connectivity index (χ0) is 18.4. The van der Waals surface area contributed by atoms with E-state index in [1.54, 1.807) is 26.0 Å². The van der Waals surface area contributed by atoms with Crippen LogP contribution in [-0.2, 0) is 16.0 Å². The Balaban J connectivity index is 2.42. The smallest absolute Gasteiger partial charge is 0.331 e. The number of carbonyl (C=O) groups is 2. The Hall–Kier alpha value is -3.14. The fraction of sp³-hybridized carbons (Fsp3) is 0.143. The third kappa shape index (κ3) is 4.91. The Kier molecular flexibility index (Phi) is 5.90. The quantitative estimate of drug-likeness (QED) is 0.773. The monoisotopic (exact) mass is 336 g/mol. The molecule has 0 saturated heterocycles. The summed E-state index contributed by atoms with van der Waals surface area (Å²) in [6.07, 6.45) is 3.89. The van der Waals surface area contributed by atoms with E-state index < -0.39 is 11.9 Å². The molecule has 0 bridgehead atoms. The molecule has 0 aliphatic heterocycles. The summed E-state index contributed by atoms with van der Waals surface area (Å²) in [5.74, 6) is -1.90. The third-order valence-corrected chi connectivity index (χ3v) is 3.91. The molecule has 4 heteroatoms. The molecule has 2 aromatic carbocycles. The second-order valence-corrected chi connectivity index (χ2v) is 5.84. The van der Waals surface area contributed by atoms with Gasteiger partial charge in [0.25, 0.3) is 0 Å². The van der Waals surface area contributed by atoms with Crippen molar-refractivity contribution in [2.24, 2.45) is 0 Å².